The summed E-state index contributed by atoms with van der Waals surface area (Å²) >= 11 is 0. The molecule has 0 bridgehead atoms. The molecule has 1 unspecified atom stereocenters. The maximum atomic E-state index is 11.1. The highest BCUT2D eigenvalue weighted by Gasteiger charge is 2.22. The molecule has 6 heteroatoms. The van der Waals surface area contributed by atoms with E-state index in [0.29, 0.717) is 41.9 Å². The summed E-state index contributed by atoms with van der Waals surface area (Å²) in [5.41, 5.74) is 0. The Morgan fingerprint density at radius 1 is 1.33 bits per heavy atom. The van der Waals surface area contributed by atoms with E-state index in [1.54, 1.807) is 0 Å². The summed E-state index contributed by atoms with van der Waals surface area (Å²) in [4.78, 5) is 0. The van der Waals surface area contributed by atoms with Crippen molar-refractivity contribution in [1.29, 1.82) is 0 Å². The van der Waals surface area contributed by atoms with Gasteiger partial charge in [0, 0.05) is 34.9 Å². The fourth-order valence-electron chi connectivity index (χ4n) is 1.62. The molecule has 0 spiro atoms. The van der Waals surface area contributed by atoms with Crippen molar-refractivity contribution in [1.82, 2.24) is 5.32 Å². The van der Waals surface area contributed by atoms with Crippen LogP contribution in [0.25, 0.3) is 0 Å². The lowest BCUT2D eigenvalue weighted by Gasteiger charge is -2.22. The van der Waals surface area contributed by atoms with E-state index < -0.39 is 20.6 Å². The summed E-state index contributed by atoms with van der Waals surface area (Å²) in [6.45, 7) is 2.63. The summed E-state index contributed by atoms with van der Waals surface area (Å²) in [5.74, 6) is 1.95. The summed E-state index contributed by atoms with van der Waals surface area (Å²) in [5, 5.41) is 3.27. The van der Waals surface area contributed by atoms with E-state index >= 15 is 0 Å². The highest BCUT2D eigenvalue weighted by molar-refractivity contribution is 7.91. The summed E-state index contributed by atoms with van der Waals surface area (Å²) < 4.78 is 33.4. The van der Waals surface area contributed by atoms with Crippen molar-refractivity contribution < 1.29 is 12.6 Å². The van der Waals surface area contributed by atoms with Crippen molar-refractivity contribution in [2.24, 2.45) is 0 Å². The van der Waals surface area contributed by atoms with Gasteiger partial charge < -0.3 is 5.32 Å². The van der Waals surface area contributed by atoms with Crippen LogP contribution >= 0.6 is 0 Å². The van der Waals surface area contributed by atoms with E-state index in [1.165, 1.54) is 0 Å². The zero-order valence-corrected chi connectivity index (χ0v) is 10.7. The van der Waals surface area contributed by atoms with Gasteiger partial charge in [-0.25, -0.2) is 8.42 Å². The van der Waals surface area contributed by atoms with Crippen LogP contribution < -0.4 is 5.32 Å². The van der Waals surface area contributed by atoms with Gasteiger partial charge >= 0.3 is 0 Å². The van der Waals surface area contributed by atoms with Gasteiger partial charge in [-0.1, -0.05) is 6.92 Å². The van der Waals surface area contributed by atoms with Gasteiger partial charge in [-0.15, -0.1) is 0 Å². The van der Waals surface area contributed by atoms with Crippen LogP contribution in [-0.4, -0.2) is 48.2 Å². The lowest BCUT2D eigenvalue weighted by Crippen LogP contribution is -2.39. The van der Waals surface area contributed by atoms with E-state index in [-0.39, 0.29) is 0 Å². The van der Waals surface area contributed by atoms with E-state index in [4.69, 9.17) is 0 Å². The third-order valence-electron chi connectivity index (χ3n) is 2.64. The van der Waals surface area contributed by atoms with Crippen molar-refractivity contribution in [3.8, 4) is 0 Å². The molecule has 0 aromatic heterocycles. The number of hydrogen-bond donors (Lipinski definition) is 1. The quantitative estimate of drug-likeness (QED) is 0.744. The molecule has 1 fully saturated rings. The summed E-state index contributed by atoms with van der Waals surface area (Å²) in [6.07, 6.45) is 1.39. The average molecular weight is 253 g/mol. The number of nitrogens with one attached hydrogen (secondary N) is 1. The Kier molecular flexibility index (Phi) is 5.22. The third kappa shape index (κ3) is 5.08. The van der Waals surface area contributed by atoms with Gasteiger partial charge in [0.2, 0.25) is 0 Å². The Hall–Kier alpha value is 0.0600. The van der Waals surface area contributed by atoms with Crippen LogP contribution in [0.4, 0.5) is 0 Å². The standard InChI is InChI=1S/C9H19NO3S2/c1-2-14(11)6-5-10-9-3-7-15(12,13)8-4-9/h9-10H,2-8H2,1H3. The maximum absolute atomic E-state index is 11.1. The minimum atomic E-state index is -2.76. The van der Waals surface area contributed by atoms with E-state index in [0.717, 1.165) is 6.54 Å². The van der Waals surface area contributed by atoms with Crippen LogP contribution in [0.5, 0.6) is 0 Å². The average Bonchev–Trinajstić information content (AvgIpc) is 2.20. The predicted octanol–water partition coefficient (Wildman–Crippen LogP) is -0.0782. The largest absolute Gasteiger partial charge is 0.313 e. The zero-order chi connectivity index (χ0) is 11.3. The number of hydrogen-bond acceptors (Lipinski definition) is 4. The van der Waals surface area contributed by atoms with Crippen molar-refractivity contribution in [3.05, 3.63) is 0 Å². The second-order valence-electron chi connectivity index (χ2n) is 3.81. The van der Waals surface area contributed by atoms with Crippen LogP contribution in [-0.2, 0) is 20.6 Å². The molecular weight excluding hydrogens is 234 g/mol. The first-order valence-corrected chi connectivity index (χ1v) is 8.63. The summed E-state index contributed by atoms with van der Waals surface area (Å²) in [6, 6.07) is 0.294. The van der Waals surface area contributed by atoms with Crippen molar-refractivity contribution in [2.45, 2.75) is 25.8 Å². The Morgan fingerprint density at radius 2 is 1.93 bits per heavy atom. The third-order valence-corrected chi connectivity index (χ3v) is 5.66. The van der Waals surface area contributed by atoms with Crippen LogP contribution in [0, 0.1) is 0 Å². The highest BCUT2D eigenvalue weighted by Crippen LogP contribution is 2.11. The van der Waals surface area contributed by atoms with Gasteiger partial charge in [0.25, 0.3) is 0 Å². The van der Waals surface area contributed by atoms with E-state index in [9.17, 15) is 12.6 Å². The topological polar surface area (TPSA) is 63.2 Å². The lowest BCUT2D eigenvalue weighted by atomic mass is 10.1. The van der Waals surface area contributed by atoms with Crippen LogP contribution in [0.15, 0.2) is 0 Å². The van der Waals surface area contributed by atoms with Gasteiger partial charge in [-0.05, 0) is 12.8 Å². The molecule has 0 amide bonds. The molecule has 0 aromatic rings. The molecule has 0 radical (unpaired) electrons. The molecule has 1 saturated heterocycles. The Labute approximate surface area is 94.2 Å². The predicted molar refractivity (Wildman–Crippen MR) is 63.2 cm³/mol. The van der Waals surface area contributed by atoms with E-state index in [2.05, 4.69) is 5.32 Å². The van der Waals surface area contributed by atoms with Crippen LogP contribution in [0.3, 0.4) is 0 Å². The molecule has 1 heterocycles. The second kappa shape index (κ2) is 5.96. The smallest absolute Gasteiger partial charge is 0.150 e. The van der Waals surface area contributed by atoms with Gasteiger partial charge in [0.1, 0.15) is 9.84 Å². The monoisotopic (exact) mass is 253 g/mol. The lowest BCUT2D eigenvalue weighted by molar-refractivity contribution is 0.475. The molecule has 1 atom stereocenters. The molecule has 1 aliphatic heterocycles. The van der Waals surface area contributed by atoms with E-state index in [1.807, 2.05) is 6.92 Å². The Bertz CT molecular complexity index is 299. The molecule has 1 N–H and O–H groups in total. The van der Waals surface area contributed by atoms with Gasteiger partial charge in [-0.3, -0.25) is 4.21 Å². The first-order chi connectivity index (χ1) is 7.03. The highest BCUT2D eigenvalue weighted by atomic mass is 32.2. The number of rotatable bonds is 5. The normalized spacial score (nSPS) is 23.8. The first-order valence-electron chi connectivity index (χ1n) is 5.32. The van der Waals surface area contributed by atoms with Gasteiger partial charge in [0.15, 0.2) is 0 Å². The van der Waals surface area contributed by atoms with Gasteiger partial charge in [0.05, 0.1) is 11.5 Å². The Balaban J connectivity index is 2.17. The molecule has 0 aliphatic carbocycles. The van der Waals surface area contributed by atoms with Crippen molar-refractivity contribution in [2.75, 3.05) is 29.6 Å². The first kappa shape index (κ1) is 13.1. The van der Waals surface area contributed by atoms with Crippen molar-refractivity contribution in [3.63, 3.8) is 0 Å². The van der Waals surface area contributed by atoms with Crippen LogP contribution in [0.1, 0.15) is 19.8 Å². The number of sulfone groups is 1. The molecule has 1 rings (SSSR count). The molecule has 90 valence electrons. The minimum Gasteiger partial charge on any atom is -0.313 e. The van der Waals surface area contributed by atoms with Crippen LogP contribution in [0.2, 0.25) is 0 Å². The molecule has 15 heavy (non-hydrogen) atoms. The SMILES string of the molecule is CCS(=O)CCNC1CCS(=O)(=O)CC1. The fraction of sp³-hybridized carbons (Fsp3) is 1.00. The fourth-order valence-corrected chi connectivity index (χ4v) is 3.74. The molecule has 0 aromatic carbocycles. The molecule has 1 aliphatic rings. The molecule has 4 nitrogen and oxygen atoms in total. The Morgan fingerprint density at radius 3 is 2.47 bits per heavy atom. The maximum Gasteiger partial charge on any atom is 0.150 e. The minimum absolute atomic E-state index is 0.293. The van der Waals surface area contributed by atoms with Gasteiger partial charge in [-0.2, -0.15) is 0 Å². The zero-order valence-electron chi connectivity index (χ0n) is 9.07. The summed E-state index contributed by atoms with van der Waals surface area (Å²) in [7, 11) is -3.49. The molecule has 0 saturated carbocycles. The molecular formula is C9H19NO3S2. The van der Waals surface area contributed by atoms with Crippen molar-refractivity contribution >= 4 is 20.6 Å². The second-order valence-corrected chi connectivity index (χ2v) is 7.98.